The topological polar surface area (TPSA) is 96.0 Å². The van der Waals surface area contributed by atoms with E-state index in [1.807, 2.05) is 44.2 Å². The average molecular weight is 655 g/mol. The summed E-state index contributed by atoms with van der Waals surface area (Å²) in [7, 11) is -2.63. The Morgan fingerprint density at radius 2 is 1.62 bits per heavy atom. The van der Waals surface area contributed by atoms with Gasteiger partial charge in [0.05, 0.1) is 19.1 Å². The largest absolute Gasteiger partial charge is 0.495 e. The second-order valence-corrected chi connectivity index (χ2v) is 13.0. The molecule has 42 heavy (non-hydrogen) atoms. The lowest BCUT2D eigenvalue weighted by Gasteiger charge is -2.34. The Labute approximate surface area is 262 Å². The molecule has 2 unspecified atom stereocenters. The lowest BCUT2D eigenvalue weighted by molar-refractivity contribution is -0.140. The van der Waals surface area contributed by atoms with Gasteiger partial charge in [-0.15, -0.1) is 0 Å². The van der Waals surface area contributed by atoms with Crippen LogP contribution in [0.15, 0.2) is 66.7 Å². The molecule has 0 bridgehead atoms. The molecule has 0 heterocycles. The highest BCUT2D eigenvalue weighted by Crippen LogP contribution is 2.33. The Kier molecular flexibility index (Phi) is 11.9. The fraction of sp³-hybridized carbons (Fsp3) is 0.333. The Morgan fingerprint density at radius 1 is 0.976 bits per heavy atom. The van der Waals surface area contributed by atoms with Crippen molar-refractivity contribution in [3.8, 4) is 5.75 Å². The average Bonchev–Trinajstić information content (AvgIpc) is 2.94. The maximum absolute atomic E-state index is 14.3. The summed E-state index contributed by atoms with van der Waals surface area (Å²) in [5, 5.41) is 3.83. The van der Waals surface area contributed by atoms with E-state index in [2.05, 4.69) is 5.32 Å². The van der Waals surface area contributed by atoms with Gasteiger partial charge in [-0.3, -0.25) is 13.9 Å². The van der Waals surface area contributed by atoms with Crippen LogP contribution < -0.4 is 14.4 Å². The maximum Gasteiger partial charge on any atom is 0.244 e. The van der Waals surface area contributed by atoms with Gasteiger partial charge in [-0.05, 0) is 49.2 Å². The van der Waals surface area contributed by atoms with Gasteiger partial charge in [0, 0.05) is 39.6 Å². The van der Waals surface area contributed by atoms with Crippen molar-refractivity contribution < 1.29 is 22.7 Å². The van der Waals surface area contributed by atoms with Gasteiger partial charge in [-0.25, -0.2) is 8.42 Å². The molecule has 2 atom stereocenters. The number of halogens is 3. The van der Waals surface area contributed by atoms with Crippen LogP contribution in [0.1, 0.15) is 31.4 Å². The van der Waals surface area contributed by atoms with Gasteiger partial charge in [0.2, 0.25) is 21.8 Å². The van der Waals surface area contributed by atoms with Crippen LogP contribution in [-0.4, -0.2) is 57.1 Å². The first-order valence-electron chi connectivity index (χ1n) is 13.2. The van der Waals surface area contributed by atoms with E-state index in [9.17, 15) is 18.0 Å². The van der Waals surface area contributed by atoms with E-state index in [0.29, 0.717) is 22.0 Å². The molecule has 12 heteroatoms. The molecule has 3 rings (SSSR count). The molecule has 3 aromatic rings. The van der Waals surface area contributed by atoms with Crippen LogP contribution >= 0.6 is 34.8 Å². The zero-order valence-corrected chi connectivity index (χ0v) is 26.9. The summed E-state index contributed by atoms with van der Waals surface area (Å²) in [6, 6.07) is 17.5. The summed E-state index contributed by atoms with van der Waals surface area (Å²) in [5.74, 6) is -0.844. The van der Waals surface area contributed by atoms with E-state index in [1.165, 1.54) is 24.1 Å². The summed E-state index contributed by atoms with van der Waals surface area (Å²) in [6.07, 6.45) is 1.81. The lowest BCUT2D eigenvalue weighted by Crippen LogP contribution is -2.54. The Bertz CT molecular complexity index is 1490. The van der Waals surface area contributed by atoms with Crippen molar-refractivity contribution in [2.45, 2.75) is 45.3 Å². The van der Waals surface area contributed by atoms with Gasteiger partial charge in [-0.2, -0.15) is 0 Å². The molecule has 0 fully saturated rings. The second kappa shape index (κ2) is 15.0. The van der Waals surface area contributed by atoms with Crippen molar-refractivity contribution in [2.75, 3.05) is 24.2 Å². The minimum Gasteiger partial charge on any atom is -0.495 e. The van der Waals surface area contributed by atoms with Gasteiger partial charge < -0.3 is 15.0 Å². The zero-order valence-electron chi connectivity index (χ0n) is 23.8. The van der Waals surface area contributed by atoms with Crippen molar-refractivity contribution >= 4 is 62.3 Å². The number of sulfonamides is 1. The van der Waals surface area contributed by atoms with E-state index >= 15 is 0 Å². The van der Waals surface area contributed by atoms with Gasteiger partial charge in [-0.1, -0.05) is 78.1 Å². The van der Waals surface area contributed by atoms with E-state index in [4.69, 9.17) is 39.5 Å². The van der Waals surface area contributed by atoms with Gasteiger partial charge in [0.1, 0.15) is 18.3 Å². The minimum absolute atomic E-state index is 0.0836. The lowest BCUT2D eigenvalue weighted by atomic mass is 10.0. The smallest absolute Gasteiger partial charge is 0.244 e. The summed E-state index contributed by atoms with van der Waals surface area (Å²) in [4.78, 5) is 29.4. The maximum atomic E-state index is 14.3. The van der Waals surface area contributed by atoms with E-state index in [1.54, 1.807) is 24.3 Å². The second-order valence-electron chi connectivity index (χ2n) is 9.83. The molecule has 0 aliphatic rings. The number of hydrogen-bond acceptors (Lipinski definition) is 5. The van der Waals surface area contributed by atoms with Gasteiger partial charge in [0.25, 0.3) is 0 Å². The van der Waals surface area contributed by atoms with E-state index in [-0.39, 0.29) is 35.5 Å². The van der Waals surface area contributed by atoms with Crippen molar-refractivity contribution in [2.24, 2.45) is 0 Å². The van der Waals surface area contributed by atoms with E-state index < -0.39 is 34.4 Å². The molecule has 0 aromatic heterocycles. The number of rotatable bonds is 13. The molecule has 0 radical (unpaired) electrons. The predicted octanol–water partition coefficient (Wildman–Crippen LogP) is 5.98. The highest BCUT2D eigenvalue weighted by Gasteiger charge is 2.34. The number of anilines is 1. The molecule has 226 valence electrons. The van der Waals surface area contributed by atoms with Crippen LogP contribution in [0.25, 0.3) is 0 Å². The van der Waals surface area contributed by atoms with Crippen molar-refractivity contribution in [3.05, 3.63) is 92.9 Å². The molecular weight excluding hydrogens is 621 g/mol. The number of methoxy groups -OCH3 is 1. The summed E-state index contributed by atoms with van der Waals surface area (Å²) in [5.41, 5.74) is 1.32. The highest BCUT2D eigenvalue weighted by atomic mass is 35.5. The summed E-state index contributed by atoms with van der Waals surface area (Å²) < 4.78 is 32.4. The molecule has 2 amide bonds. The predicted molar refractivity (Wildman–Crippen MR) is 169 cm³/mol. The van der Waals surface area contributed by atoms with Crippen molar-refractivity contribution in [1.82, 2.24) is 10.2 Å². The molecule has 0 saturated carbocycles. The Hall–Kier alpha value is -2.98. The van der Waals surface area contributed by atoms with E-state index in [0.717, 1.165) is 16.1 Å². The highest BCUT2D eigenvalue weighted by molar-refractivity contribution is 7.92. The third-order valence-electron chi connectivity index (χ3n) is 6.75. The first-order chi connectivity index (χ1) is 19.8. The van der Waals surface area contributed by atoms with Gasteiger partial charge >= 0.3 is 0 Å². The molecule has 0 spiro atoms. The first kappa shape index (κ1) is 33.5. The molecule has 0 saturated heterocycles. The fourth-order valence-corrected chi connectivity index (χ4v) is 5.83. The standard InChI is InChI=1S/C30H34Cl3N3O5S/c1-5-20(2)34-30(38)27(16-21-10-7-6-8-11-21)35(18-23-24(32)12-9-13-25(23)33)29(37)19-36(42(4,39)40)26-17-22(31)14-15-28(26)41-3/h6-15,17,20,27H,5,16,18-19H2,1-4H3,(H,34,38). The molecular formula is C30H34Cl3N3O5S. The van der Waals surface area contributed by atoms with Crippen LogP contribution in [0.5, 0.6) is 5.75 Å². The monoisotopic (exact) mass is 653 g/mol. The number of benzene rings is 3. The van der Waals surface area contributed by atoms with Crippen LogP contribution in [0, 0.1) is 0 Å². The Morgan fingerprint density at radius 3 is 2.19 bits per heavy atom. The number of amides is 2. The molecule has 8 nitrogen and oxygen atoms in total. The number of ether oxygens (including phenoxy) is 1. The zero-order chi connectivity index (χ0) is 31.0. The van der Waals surface area contributed by atoms with Crippen LogP contribution in [0.2, 0.25) is 15.1 Å². The summed E-state index contributed by atoms with van der Waals surface area (Å²) in [6.45, 7) is 3.02. The molecule has 3 aromatic carbocycles. The molecule has 0 aliphatic carbocycles. The van der Waals surface area contributed by atoms with Crippen LogP contribution in [-0.2, 0) is 32.6 Å². The SMILES string of the molecule is CCC(C)NC(=O)C(Cc1ccccc1)N(Cc1c(Cl)cccc1Cl)C(=O)CN(c1cc(Cl)ccc1OC)S(C)(=O)=O. The summed E-state index contributed by atoms with van der Waals surface area (Å²) >= 11 is 19.2. The number of nitrogens with zero attached hydrogens (tertiary/aromatic N) is 2. The molecule has 1 N–H and O–H groups in total. The molecule has 0 aliphatic heterocycles. The van der Waals surface area contributed by atoms with Gasteiger partial charge in [0.15, 0.2) is 0 Å². The van der Waals surface area contributed by atoms with Crippen molar-refractivity contribution in [3.63, 3.8) is 0 Å². The number of nitrogens with one attached hydrogen (secondary N) is 1. The fourth-order valence-electron chi connectivity index (χ4n) is 4.30. The first-order valence-corrected chi connectivity index (χ1v) is 16.2. The third kappa shape index (κ3) is 8.77. The third-order valence-corrected chi connectivity index (χ3v) is 8.82. The minimum atomic E-state index is -4.02. The van der Waals surface area contributed by atoms with Crippen LogP contribution in [0.4, 0.5) is 5.69 Å². The number of carbonyl (C=O) groups excluding carboxylic acids is 2. The Balaban J connectivity index is 2.15. The number of carbonyl (C=O) groups is 2. The van der Waals surface area contributed by atoms with Crippen molar-refractivity contribution in [1.29, 1.82) is 0 Å². The normalized spacial score (nSPS) is 12.7. The quantitative estimate of drug-likeness (QED) is 0.245. The van der Waals surface area contributed by atoms with Crippen LogP contribution in [0.3, 0.4) is 0 Å². The number of hydrogen-bond donors (Lipinski definition) is 1.